The molecular formula is C29H25F3N2O5. The number of nitrogens with one attached hydrogen (secondary N) is 1. The zero-order valence-corrected chi connectivity index (χ0v) is 21.1. The van der Waals surface area contributed by atoms with Gasteiger partial charge in [-0.15, -0.1) is 0 Å². The van der Waals surface area contributed by atoms with Crippen molar-refractivity contribution in [1.29, 1.82) is 0 Å². The number of rotatable bonds is 6. The van der Waals surface area contributed by atoms with Crippen LogP contribution < -0.4 is 15.0 Å². The Morgan fingerprint density at radius 2 is 1.64 bits per heavy atom. The minimum Gasteiger partial charge on any atom is -0.497 e. The van der Waals surface area contributed by atoms with Crippen molar-refractivity contribution in [3.63, 3.8) is 0 Å². The van der Waals surface area contributed by atoms with E-state index in [0.717, 1.165) is 23.1 Å². The summed E-state index contributed by atoms with van der Waals surface area (Å²) in [5.74, 6) is -3.96. The van der Waals surface area contributed by atoms with Gasteiger partial charge in [-0.2, -0.15) is 13.2 Å². The molecular weight excluding hydrogens is 513 g/mol. The predicted octanol–water partition coefficient (Wildman–Crippen LogP) is 4.32. The summed E-state index contributed by atoms with van der Waals surface area (Å²) in [7, 11) is 2.70. The number of imide groups is 1. The second-order valence-electron chi connectivity index (χ2n) is 9.58. The van der Waals surface area contributed by atoms with Gasteiger partial charge in [-0.1, -0.05) is 48.5 Å². The number of nitrogens with zero attached hydrogens (tertiary/aromatic N) is 1. The van der Waals surface area contributed by atoms with Crippen molar-refractivity contribution in [1.82, 2.24) is 5.32 Å². The largest absolute Gasteiger partial charge is 0.497 e. The molecule has 0 aromatic heterocycles. The first kappa shape index (κ1) is 26.4. The highest BCUT2D eigenvalue weighted by atomic mass is 19.4. The van der Waals surface area contributed by atoms with Gasteiger partial charge < -0.3 is 9.47 Å². The van der Waals surface area contributed by atoms with E-state index in [-0.39, 0.29) is 12.1 Å². The summed E-state index contributed by atoms with van der Waals surface area (Å²) < 4.78 is 50.8. The van der Waals surface area contributed by atoms with Crippen LogP contribution in [0.2, 0.25) is 0 Å². The van der Waals surface area contributed by atoms with Crippen molar-refractivity contribution in [3.05, 3.63) is 95.6 Å². The Morgan fingerprint density at radius 1 is 0.949 bits per heavy atom. The normalized spacial score (nSPS) is 24.5. The Morgan fingerprint density at radius 3 is 2.26 bits per heavy atom. The topological polar surface area (TPSA) is 84.9 Å². The monoisotopic (exact) mass is 538 g/mol. The van der Waals surface area contributed by atoms with Crippen LogP contribution in [-0.4, -0.2) is 37.5 Å². The maximum atomic E-state index is 14.0. The number of anilines is 1. The molecule has 7 nitrogen and oxygen atoms in total. The van der Waals surface area contributed by atoms with E-state index in [1.54, 1.807) is 54.6 Å². The second-order valence-corrected chi connectivity index (χ2v) is 9.58. The summed E-state index contributed by atoms with van der Waals surface area (Å²) in [6.45, 7) is 0. The smallest absolute Gasteiger partial charge is 0.416 e. The van der Waals surface area contributed by atoms with E-state index >= 15 is 0 Å². The number of carbonyl (C=O) groups excluding carboxylic acids is 3. The van der Waals surface area contributed by atoms with Crippen molar-refractivity contribution >= 4 is 23.5 Å². The third-order valence-electron chi connectivity index (χ3n) is 7.44. The fraction of sp³-hybridized carbons (Fsp3) is 0.276. The summed E-state index contributed by atoms with van der Waals surface area (Å²) >= 11 is 0. The summed E-state index contributed by atoms with van der Waals surface area (Å²) in [4.78, 5) is 42.2. The molecule has 0 saturated carbocycles. The van der Waals surface area contributed by atoms with Crippen LogP contribution in [-0.2, 0) is 31.7 Å². The van der Waals surface area contributed by atoms with Crippen LogP contribution >= 0.6 is 0 Å². The number of benzene rings is 3. The van der Waals surface area contributed by atoms with E-state index in [9.17, 15) is 27.6 Å². The van der Waals surface area contributed by atoms with Crippen molar-refractivity contribution in [3.8, 4) is 5.75 Å². The summed E-state index contributed by atoms with van der Waals surface area (Å²) in [5, 5.41) is 3.26. The summed E-state index contributed by atoms with van der Waals surface area (Å²) in [6, 6.07) is 19.0. The highest BCUT2D eigenvalue weighted by Gasteiger charge is 2.69. The minimum absolute atomic E-state index is 0.0176. The molecule has 0 radical (unpaired) electrons. The first-order chi connectivity index (χ1) is 18.6. The van der Waals surface area contributed by atoms with Gasteiger partial charge in [-0.05, 0) is 41.5 Å². The van der Waals surface area contributed by atoms with Crippen LogP contribution in [0.1, 0.15) is 22.7 Å². The summed E-state index contributed by atoms with van der Waals surface area (Å²) in [6.07, 6.45) is -4.66. The highest BCUT2D eigenvalue weighted by Crippen LogP contribution is 2.51. The first-order valence-electron chi connectivity index (χ1n) is 12.2. The minimum atomic E-state index is -4.67. The van der Waals surface area contributed by atoms with Crippen LogP contribution in [0.3, 0.4) is 0 Å². The first-order valence-corrected chi connectivity index (χ1v) is 12.2. The van der Waals surface area contributed by atoms with Gasteiger partial charge in [0.1, 0.15) is 11.3 Å². The number of halogens is 3. The van der Waals surface area contributed by atoms with E-state index in [1.807, 2.05) is 0 Å². The Balaban J connectivity index is 1.66. The highest BCUT2D eigenvalue weighted by molar-refractivity contribution is 6.24. The Labute approximate surface area is 222 Å². The third kappa shape index (κ3) is 4.44. The van der Waals surface area contributed by atoms with Crippen LogP contribution in [0.15, 0.2) is 78.9 Å². The molecule has 5 rings (SSSR count). The SMILES string of the molecule is COC(=O)[C@]1(Cc2ccccc2)N[C@H](c2ccc(OC)cc2)[C@@H]2C(=O)N(c3cccc(C(F)(F)F)c3)C(=O)[C@H]21. The van der Waals surface area contributed by atoms with Gasteiger partial charge in [0.25, 0.3) is 0 Å². The van der Waals surface area contributed by atoms with E-state index in [2.05, 4.69) is 5.32 Å². The molecule has 39 heavy (non-hydrogen) atoms. The molecule has 0 aliphatic carbocycles. The average Bonchev–Trinajstić information content (AvgIpc) is 3.42. The van der Waals surface area contributed by atoms with Crippen molar-refractivity contribution in [2.75, 3.05) is 19.1 Å². The molecule has 3 aromatic carbocycles. The Bertz CT molecular complexity index is 1410. The maximum absolute atomic E-state index is 14.0. The molecule has 4 atom stereocenters. The molecule has 2 heterocycles. The zero-order chi connectivity index (χ0) is 27.9. The third-order valence-corrected chi connectivity index (χ3v) is 7.44. The lowest BCUT2D eigenvalue weighted by Crippen LogP contribution is -2.57. The maximum Gasteiger partial charge on any atom is 0.416 e. The van der Waals surface area contributed by atoms with Crippen LogP contribution in [0.4, 0.5) is 18.9 Å². The lowest BCUT2D eigenvalue weighted by atomic mass is 9.76. The Hall–Kier alpha value is -4.18. The number of hydrogen-bond acceptors (Lipinski definition) is 6. The second kappa shape index (κ2) is 9.85. The average molecular weight is 539 g/mol. The van der Waals surface area contributed by atoms with Gasteiger partial charge in [0.05, 0.1) is 37.3 Å². The number of ether oxygens (including phenoxy) is 2. The van der Waals surface area contributed by atoms with Crippen LogP contribution in [0, 0.1) is 11.8 Å². The molecule has 2 aliphatic heterocycles. The number of fused-ring (bicyclic) bond motifs is 1. The zero-order valence-electron chi connectivity index (χ0n) is 21.1. The van der Waals surface area contributed by atoms with Crippen molar-refractivity contribution in [2.24, 2.45) is 11.8 Å². The fourth-order valence-electron chi connectivity index (χ4n) is 5.70. The van der Waals surface area contributed by atoms with E-state index in [4.69, 9.17) is 9.47 Å². The van der Waals surface area contributed by atoms with Crippen molar-refractivity contribution in [2.45, 2.75) is 24.2 Å². The molecule has 2 aliphatic rings. The fourth-order valence-corrected chi connectivity index (χ4v) is 5.70. The molecule has 202 valence electrons. The lowest BCUT2D eigenvalue weighted by molar-refractivity contribution is -0.152. The van der Waals surface area contributed by atoms with Gasteiger partial charge >= 0.3 is 12.1 Å². The van der Waals surface area contributed by atoms with Gasteiger partial charge in [-0.25, -0.2) is 4.90 Å². The van der Waals surface area contributed by atoms with E-state index in [0.29, 0.717) is 16.9 Å². The molecule has 2 fully saturated rings. The quantitative estimate of drug-likeness (QED) is 0.372. The number of alkyl halides is 3. The summed E-state index contributed by atoms with van der Waals surface area (Å²) in [5.41, 5.74) is -1.54. The Kier molecular flexibility index (Phi) is 6.67. The molecule has 2 amide bonds. The number of hydrogen-bond donors (Lipinski definition) is 1. The number of amides is 2. The number of carbonyl (C=O) groups is 3. The molecule has 2 saturated heterocycles. The van der Waals surface area contributed by atoms with Gasteiger partial charge in [-0.3, -0.25) is 19.7 Å². The lowest BCUT2D eigenvalue weighted by Gasteiger charge is -2.32. The molecule has 0 unspecified atom stereocenters. The van der Waals surface area contributed by atoms with E-state index < -0.39 is 52.9 Å². The van der Waals surface area contributed by atoms with Crippen molar-refractivity contribution < 1.29 is 37.0 Å². The number of esters is 1. The van der Waals surface area contributed by atoms with Crippen LogP contribution in [0.5, 0.6) is 5.75 Å². The standard InChI is InChI=1S/C29H25F3N2O5/c1-38-21-13-11-18(12-14-21)24-22-23(28(33-24,27(37)39-2)16-17-7-4-3-5-8-17)26(36)34(25(22)35)20-10-6-9-19(15-20)29(30,31)32/h3-15,22-24,33H,16H2,1-2H3/t22-,23+,24-,28-/m1/s1. The molecule has 10 heteroatoms. The molecule has 1 N–H and O–H groups in total. The predicted molar refractivity (Wildman–Crippen MR) is 135 cm³/mol. The van der Waals surface area contributed by atoms with Crippen LogP contribution in [0.25, 0.3) is 0 Å². The molecule has 3 aromatic rings. The van der Waals surface area contributed by atoms with Gasteiger partial charge in [0.15, 0.2) is 0 Å². The number of methoxy groups -OCH3 is 2. The van der Waals surface area contributed by atoms with E-state index in [1.165, 1.54) is 20.3 Å². The molecule has 0 spiro atoms. The molecule has 0 bridgehead atoms. The van der Waals surface area contributed by atoms with Gasteiger partial charge in [0.2, 0.25) is 11.8 Å². The van der Waals surface area contributed by atoms with Gasteiger partial charge in [0, 0.05) is 12.5 Å².